The van der Waals surface area contributed by atoms with Gasteiger partial charge in [0.25, 0.3) is 0 Å². The predicted octanol–water partition coefficient (Wildman–Crippen LogP) is -2.36. The molecule has 1 heterocycles. The molecule has 1 rings (SSSR count). The first-order chi connectivity index (χ1) is 8.04. The molecule has 6 N–H and O–H groups in total. The van der Waals surface area contributed by atoms with Gasteiger partial charge >= 0.3 is 0 Å². The molecular formula is C10H17NO6. The van der Waals surface area contributed by atoms with Gasteiger partial charge in [-0.3, -0.25) is 0 Å². The molecule has 7 nitrogen and oxygen atoms in total. The van der Waals surface area contributed by atoms with E-state index in [2.05, 4.69) is 4.98 Å². The van der Waals surface area contributed by atoms with Gasteiger partial charge in [0.15, 0.2) is 6.29 Å². The second kappa shape index (κ2) is 8.85. The molecule has 0 aliphatic heterocycles. The third kappa shape index (κ3) is 6.15. The highest BCUT2D eigenvalue weighted by Gasteiger charge is 2.29. The van der Waals surface area contributed by atoms with Gasteiger partial charge in [-0.2, -0.15) is 0 Å². The average Bonchev–Trinajstić information content (AvgIpc) is 2.93. The van der Waals surface area contributed by atoms with Gasteiger partial charge in [-0.15, -0.1) is 0 Å². The molecule has 0 aromatic carbocycles. The van der Waals surface area contributed by atoms with Gasteiger partial charge in [-0.1, -0.05) is 0 Å². The molecule has 17 heavy (non-hydrogen) atoms. The van der Waals surface area contributed by atoms with E-state index < -0.39 is 31.0 Å². The second-order valence-corrected chi connectivity index (χ2v) is 3.24. The van der Waals surface area contributed by atoms with Crippen LogP contribution in [0.3, 0.4) is 0 Å². The lowest BCUT2D eigenvalue weighted by Crippen LogP contribution is -2.46. The van der Waals surface area contributed by atoms with Crippen LogP contribution in [0.1, 0.15) is 0 Å². The Balaban J connectivity index is 0.000000419. The Kier molecular flexibility index (Phi) is 8.20. The maximum absolute atomic E-state index is 9.90. The zero-order chi connectivity index (χ0) is 13.3. The monoisotopic (exact) mass is 247 g/mol. The van der Waals surface area contributed by atoms with Crippen LogP contribution in [0, 0.1) is 0 Å². The van der Waals surface area contributed by atoms with Crippen LogP contribution in [-0.4, -0.2) is 67.8 Å². The zero-order valence-corrected chi connectivity index (χ0v) is 9.05. The molecule has 0 bridgehead atoms. The minimum atomic E-state index is -1.79. The van der Waals surface area contributed by atoms with Gasteiger partial charge in [-0.25, -0.2) is 0 Å². The Hall–Kier alpha value is -1.25. The average molecular weight is 247 g/mol. The Morgan fingerprint density at radius 1 is 1.06 bits per heavy atom. The molecule has 1 aromatic rings. The number of carbonyl (C=O) groups excluding carboxylic acids is 1. The summed E-state index contributed by atoms with van der Waals surface area (Å²) in [7, 11) is 0. The van der Waals surface area contributed by atoms with Crippen molar-refractivity contribution in [2.24, 2.45) is 0 Å². The van der Waals surface area contributed by atoms with Crippen LogP contribution in [0.2, 0.25) is 0 Å². The third-order valence-electron chi connectivity index (χ3n) is 1.92. The van der Waals surface area contributed by atoms with Crippen molar-refractivity contribution in [2.45, 2.75) is 24.4 Å². The van der Waals surface area contributed by atoms with Crippen molar-refractivity contribution in [1.29, 1.82) is 0 Å². The standard InChI is InChI=1S/C6H12O6.C4H5N/c7-1-3(9)5(11)6(12)4(10)2-8;1-2-4-5-3-1/h1,3-6,8-12H,2H2;1-5H/t3-,4+,5+,6+;/m0./s1. The normalized spacial score (nSPS) is 17.2. The summed E-state index contributed by atoms with van der Waals surface area (Å²) in [6, 6.07) is 3.89. The van der Waals surface area contributed by atoms with E-state index in [-0.39, 0.29) is 6.29 Å². The van der Waals surface area contributed by atoms with Crippen molar-refractivity contribution in [2.75, 3.05) is 6.61 Å². The van der Waals surface area contributed by atoms with Gasteiger partial charge in [0, 0.05) is 12.4 Å². The minimum Gasteiger partial charge on any atom is -0.394 e. The SMILES string of the molecule is O=C[C@H](O)[C@@H](O)[C@H](O)[C@H](O)CO.c1cc[nH]c1. The summed E-state index contributed by atoms with van der Waals surface area (Å²) in [4.78, 5) is 12.8. The predicted molar refractivity (Wildman–Crippen MR) is 58.0 cm³/mol. The molecule has 0 aliphatic rings. The van der Waals surface area contributed by atoms with Crippen LogP contribution in [0.25, 0.3) is 0 Å². The fraction of sp³-hybridized carbons (Fsp3) is 0.500. The molecule has 0 saturated heterocycles. The maximum Gasteiger partial charge on any atom is 0.151 e. The highest BCUT2D eigenvalue weighted by Crippen LogP contribution is 2.02. The van der Waals surface area contributed by atoms with E-state index in [1.807, 2.05) is 24.5 Å². The van der Waals surface area contributed by atoms with Gasteiger partial charge in [0.1, 0.15) is 24.4 Å². The van der Waals surface area contributed by atoms with Gasteiger partial charge in [0.2, 0.25) is 0 Å². The van der Waals surface area contributed by atoms with E-state index in [4.69, 9.17) is 25.5 Å². The minimum absolute atomic E-state index is 0.0258. The molecule has 1 aromatic heterocycles. The highest BCUT2D eigenvalue weighted by molar-refractivity contribution is 5.56. The number of rotatable bonds is 5. The Morgan fingerprint density at radius 3 is 1.88 bits per heavy atom. The highest BCUT2D eigenvalue weighted by atomic mass is 16.4. The third-order valence-corrected chi connectivity index (χ3v) is 1.92. The summed E-state index contributed by atoms with van der Waals surface area (Å²) < 4.78 is 0. The first-order valence-corrected chi connectivity index (χ1v) is 4.90. The topological polar surface area (TPSA) is 134 Å². The zero-order valence-electron chi connectivity index (χ0n) is 9.05. The molecule has 0 saturated carbocycles. The molecule has 0 amide bonds. The van der Waals surface area contributed by atoms with Crippen molar-refractivity contribution in [3.63, 3.8) is 0 Å². The first kappa shape index (κ1) is 15.8. The van der Waals surface area contributed by atoms with E-state index in [1.54, 1.807) is 0 Å². The lowest BCUT2D eigenvalue weighted by molar-refractivity contribution is -0.136. The van der Waals surface area contributed by atoms with E-state index >= 15 is 0 Å². The number of aldehydes is 1. The fourth-order valence-electron chi connectivity index (χ4n) is 0.896. The summed E-state index contributed by atoms with van der Waals surface area (Å²) >= 11 is 0. The van der Waals surface area contributed by atoms with Gasteiger partial charge in [0.05, 0.1) is 6.61 Å². The van der Waals surface area contributed by atoms with Crippen LogP contribution in [-0.2, 0) is 4.79 Å². The Morgan fingerprint density at radius 2 is 1.59 bits per heavy atom. The summed E-state index contributed by atoms with van der Waals surface area (Å²) in [6.07, 6.45) is -3.09. The van der Waals surface area contributed by atoms with Crippen molar-refractivity contribution in [3.8, 4) is 0 Å². The number of H-pyrrole nitrogens is 1. The maximum atomic E-state index is 9.90. The number of aromatic amines is 1. The van der Waals surface area contributed by atoms with Gasteiger partial charge in [-0.05, 0) is 12.1 Å². The Bertz CT molecular complexity index is 261. The molecule has 98 valence electrons. The Labute approximate surface area is 98.0 Å². The summed E-state index contributed by atoms with van der Waals surface area (Å²) in [5, 5.41) is 43.5. The number of carbonyl (C=O) groups is 1. The quantitative estimate of drug-likeness (QED) is 0.322. The number of aromatic nitrogens is 1. The van der Waals surface area contributed by atoms with E-state index in [0.29, 0.717) is 0 Å². The molecule has 0 unspecified atom stereocenters. The number of nitrogens with one attached hydrogen (secondary N) is 1. The van der Waals surface area contributed by atoms with Crippen LogP contribution in [0.5, 0.6) is 0 Å². The number of hydrogen-bond acceptors (Lipinski definition) is 6. The molecule has 0 spiro atoms. The number of aliphatic hydroxyl groups excluding tert-OH is 5. The van der Waals surface area contributed by atoms with Crippen molar-refractivity contribution >= 4 is 6.29 Å². The fourth-order valence-corrected chi connectivity index (χ4v) is 0.896. The van der Waals surface area contributed by atoms with Crippen molar-refractivity contribution in [3.05, 3.63) is 24.5 Å². The summed E-state index contributed by atoms with van der Waals surface area (Å²) in [6.45, 7) is -0.760. The van der Waals surface area contributed by atoms with E-state index in [0.717, 1.165) is 0 Å². The molecule has 7 heteroatoms. The summed E-state index contributed by atoms with van der Waals surface area (Å²) in [5.41, 5.74) is 0. The van der Waals surface area contributed by atoms with Crippen molar-refractivity contribution < 1.29 is 30.3 Å². The van der Waals surface area contributed by atoms with Crippen LogP contribution < -0.4 is 0 Å². The lowest BCUT2D eigenvalue weighted by Gasteiger charge is -2.22. The molecule has 0 aliphatic carbocycles. The molecule has 0 fully saturated rings. The number of hydrogen-bond donors (Lipinski definition) is 6. The lowest BCUT2D eigenvalue weighted by atomic mass is 10.0. The smallest absolute Gasteiger partial charge is 0.151 e. The largest absolute Gasteiger partial charge is 0.394 e. The summed E-state index contributed by atoms with van der Waals surface area (Å²) in [5.74, 6) is 0. The van der Waals surface area contributed by atoms with E-state index in [1.165, 1.54) is 0 Å². The molecular weight excluding hydrogens is 230 g/mol. The first-order valence-electron chi connectivity index (χ1n) is 4.90. The second-order valence-electron chi connectivity index (χ2n) is 3.24. The van der Waals surface area contributed by atoms with E-state index in [9.17, 15) is 4.79 Å². The number of aliphatic hydroxyl groups is 5. The van der Waals surface area contributed by atoms with Gasteiger partial charge < -0.3 is 35.3 Å². The molecule has 4 atom stereocenters. The van der Waals surface area contributed by atoms with Crippen LogP contribution in [0.15, 0.2) is 24.5 Å². The van der Waals surface area contributed by atoms with Crippen LogP contribution >= 0.6 is 0 Å². The van der Waals surface area contributed by atoms with Crippen molar-refractivity contribution in [1.82, 2.24) is 4.98 Å². The van der Waals surface area contributed by atoms with Crippen LogP contribution in [0.4, 0.5) is 0 Å². The molecule has 0 radical (unpaired) electrons.